The summed E-state index contributed by atoms with van der Waals surface area (Å²) in [4.78, 5) is 40.4. The standard InChI is InChI=1S/C35H33FN6O3/c1-40-13-4-7-24(40)8-10-39-35(44)26-20-42-29-15-21-5-2-3-6-22(21)16-30(29)45-34-31(42)25(33(26)43)17-27(36)32(34)41-14-9-23(19-41)28-18-37-11-12-38-28/h2-3,5-6,11-12,15-18,20,23-24H,4,7-10,13-14,19H2,1H3,(H,39,44)/t23?,24-/m0/s1. The maximum absolute atomic E-state index is 16.3. The second-order valence-electron chi connectivity index (χ2n) is 12.3. The molecule has 9 nitrogen and oxygen atoms in total. The van der Waals surface area contributed by atoms with Crippen LogP contribution in [0.3, 0.4) is 0 Å². The highest BCUT2D eigenvalue weighted by Gasteiger charge is 2.34. The molecule has 2 saturated heterocycles. The molecule has 2 aromatic heterocycles. The lowest BCUT2D eigenvalue weighted by Gasteiger charge is -2.29. The van der Waals surface area contributed by atoms with E-state index in [1.807, 2.05) is 45.9 Å². The van der Waals surface area contributed by atoms with Crippen LogP contribution in [0.1, 0.15) is 47.7 Å². The van der Waals surface area contributed by atoms with Gasteiger partial charge in [0.2, 0.25) is 5.43 Å². The number of fused-ring (bicyclic) bond motifs is 3. The summed E-state index contributed by atoms with van der Waals surface area (Å²) in [6, 6.07) is 13.5. The molecule has 10 heteroatoms. The SMILES string of the molecule is CN1CCC[C@H]1CCNC(=O)c1cn2c3c(c(N4CCC(c5cnccn5)C4)c(F)cc3c1=O)Oc1cc3ccccc3cc1-2. The number of likely N-dealkylation sites (tertiary alicyclic amines) is 1. The predicted molar refractivity (Wildman–Crippen MR) is 171 cm³/mol. The highest BCUT2D eigenvalue weighted by atomic mass is 19.1. The Morgan fingerprint density at radius 1 is 1.11 bits per heavy atom. The van der Waals surface area contributed by atoms with Crippen LogP contribution < -0.4 is 20.4 Å². The molecule has 2 atom stereocenters. The monoisotopic (exact) mass is 604 g/mol. The Kier molecular flexibility index (Phi) is 6.74. The fourth-order valence-electron chi connectivity index (χ4n) is 7.26. The van der Waals surface area contributed by atoms with Crippen LogP contribution in [0.2, 0.25) is 0 Å². The summed E-state index contributed by atoms with van der Waals surface area (Å²) in [6.45, 7) is 2.63. The second-order valence-corrected chi connectivity index (χ2v) is 12.3. The molecule has 5 aromatic rings. The number of halogens is 1. The van der Waals surface area contributed by atoms with Crippen LogP contribution in [-0.4, -0.2) is 64.6 Å². The maximum Gasteiger partial charge on any atom is 0.256 e. The summed E-state index contributed by atoms with van der Waals surface area (Å²) in [5, 5.41) is 5.01. The number of nitrogens with zero attached hydrogens (tertiary/aromatic N) is 5. The zero-order valence-electron chi connectivity index (χ0n) is 25.0. The Morgan fingerprint density at radius 2 is 1.96 bits per heavy atom. The number of anilines is 1. The van der Waals surface area contributed by atoms with Gasteiger partial charge in [-0.2, -0.15) is 0 Å². The van der Waals surface area contributed by atoms with Gasteiger partial charge in [0, 0.05) is 56.4 Å². The second kappa shape index (κ2) is 11.0. The fourth-order valence-corrected chi connectivity index (χ4v) is 7.26. The van der Waals surface area contributed by atoms with Crippen LogP contribution in [0, 0.1) is 5.82 Å². The summed E-state index contributed by atoms with van der Waals surface area (Å²) in [6.07, 6.45) is 10.5. The molecule has 1 amide bonds. The molecule has 0 radical (unpaired) electrons. The largest absolute Gasteiger partial charge is 0.451 e. The quantitative estimate of drug-likeness (QED) is 0.273. The maximum atomic E-state index is 16.3. The summed E-state index contributed by atoms with van der Waals surface area (Å²) >= 11 is 0. The number of nitrogens with one attached hydrogen (secondary N) is 1. The number of ether oxygens (including phenoxy) is 1. The average Bonchev–Trinajstić information content (AvgIpc) is 3.71. The third-order valence-electron chi connectivity index (χ3n) is 9.65. The first-order valence-electron chi connectivity index (χ1n) is 15.6. The van der Waals surface area contributed by atoms with Crippen LogP contribution in [-0.2, 0) is 0 Å². The van der Waals surface area contributed by atoms with Crippen LogP contribution in [0.25, 0.3) is 27.4 Å². The van der Waals surface area contributed by atoms with Gasteiger partial charge in [-0.1, -0.05) is 24.3 Å². The van der Waals surface area contributed by atoms with Crippen molar-refractivity contribution in [2.45, 2.75) is 37.6 Å². The minimum absolute atomic E-state index is 0.0229. The topological polar surface area (TPSA) is 92.6 Å². The van der Waals surface area contributed by atoms with Crippen molar-refractivity contribution in [1.82, 2.24) is 24.8 Å². The van der Waals surface area contributed by atoms with Crippen molar-refractivity contribution >= 4 is 33.3 Å². The van der Waals surface area contributed by atoms with Crippen LogP contribution in [0.15, 0.2) is 72.0 Å². The van der Waals surface area contributed by atoms with E-state index >= 15 is 4.39 Å². The molecule has 3 aromatic carbocycles. The molecule has 1 N–H and O–H groups in total. The summed E-state index contributed by atoms with van der Waals surface area (Å²) in [5.41, 5.74) is 1.76. The highest BCUT2D eigenvalue weighted by molar-refractivity contribution is 6.02. The normalized spacial score (nSPS) is 19.2. The van der Waals surface area contributed by atoms with Gasteiger partial charge in [-0.05, 0) is 68.2 Å². The van der Waals surface area contributed by atoms with Gasteiger partial charge >= 0.3 is 0 Å². The van der Waals surface area contributed by atoms with Crippen molar-refractivity contribution in [3.8, 4) is 17.2 Å². The van der Waals surface area contributed by atoms with Gasteiger partial charge in [-0.25, -0.2) is 4.39 Å². The molecule has 0 saturated carbocycles. The smallest absolute Gasteiger partial charge is 0.256 e. The third kappa shape index (κ3) is 4.71. The molecule has 0 aliphatic carbocycles. The van der Waals surface area contributed by atoms with Gasteiger partial charge in [0.25, 0.3) is 5.91 Å². The molecule has 8 rings (SSSR count). The Bertz CT molecular complexity index is 2030. The number of carbonyl (C=O) groups excluding carboxylic acids is 1. The molecule has 2 fully saturated rings. The Hall–Kier alpha value is -4.83. The van der Waals surface area contributed by atoms with Crippen molar-refractivity contribution in [2.75, 3.05) is 38.1 Å². The van der Waals surface area contributed by atoms with Gasteiger partial charge in [0.05, 0.1) is 16.8 Å². The molecular weight excluding hydrogens is 571 g/mol. The Balaban J connectivity index is 1.24. The number of hydrogen-bond acceptors (Lipinski definition) is 7. The van der Waals surface area contributed by atoms with Crippen LogP contribution in [0.5, 0.6) is 11.5 Å². The summed E-state index contributed by atoms with van der Waals surface area (Å²) < 4.78 is 24.6. The van der Waals surface area contributed by atoms with E-state index in [0.717, 1.165) is 48.7 Å². The van der Waals surface area contributed by atoms with Gasteiger partial charge in [-0.15, -0.1) is 0 Å². The number of amides is 1. The minimum Gasteiger partial charge on any atom is -0.451 e. The van der Waals surface area contributed by atoms with E-state index < -0.39 is 17.2 Å². The minimum atomic E-state index is -0.563. The van der Waals surface area contributed by atoms with E-state index in [4.69, 9.17) is 4.74 Å². The zero-order valence-corrected chi connectivity index (χ0v) is 25.0. The molecule has 3 aliphatic heterocycles. The van der Waals surface area contributed by atoms with Gasteiger partial charge in [0.1, 0.15) is 16.8 Å². The van der Waals surface area contributed by atoms with E-state index in [9.17, 15) is 9.59 Å². The first-order chi connectivity index (χ1) is 22.0. The van der Waals surface area contributed by atoms with Crippen molar-refractivity contribution in [3.63, 3.8) is 0 Å². The number of rotatable bonds is 6. The van der Waals surface area contributed by atoms with E-state index in [1.54, 1.807) is 24.8 Å². The van der Waals surface area contributed by atoms with E-state index in [0.29, 0.717) is 48.3 Å². The number of hydrogen-bond donors (Lipinski definition) is 1. The van der Waals surface area contributed by atoms with Crippen molar-refractivity contribution in [3.05, 3.63) is 94.5 Å². The molecule has 0 spiro atoms. The molecule has 228 valence electrons. The van der Waals surface area contributed by atoms with E-state index in [2.05, 4.69) is 27.2 Å². The van der Waals surface area contributed by atoms with Crippen LogP contribution in [0.4, 0.5) is 10.1 Å². The summed E-state index contributed by atoms with van der Waals surface area (Å²) in [5.74, 6) is -0.137. The van der Waals surface area contributed by atoms with E-state index in [1.165, 1.54) is 6.07 Å². The lowest BCUT2D eigenvalue weighted by Crippen LogP contribution is -2.34. The number of benzene rings is 3. The number of carbonyl (C=O) groups is 1. The average molecular weight is 605 g/mol. The van der Waals surface area contributed by atoms with Crippen LogP contribution >= 0.6 is 0 Å². The van der Waals surface area contributed by atoms with Crippen molar-refractivity contribution < 1.29 is 13.9 Å². The zero-order chi connectivity index (χ0) is 30.7. The van der Waals surface area contributed by atoms with Crippen molar-refractivity contribution in [1.29, 1.82) is 0 Å². The number of aromatic nitrogens is 3. The van der Waals surface area contributed by atoms with Gasteiger partial charge in [0.15, 0.2) is 17.3 Å². The Labute approximate surface area is 259 Å². The fraction of sp³-hybridized carbons (Fsp3) is 0.314. The molecular formula is C35H33FN6O3. The molecule has 3 aliphatic rings. The van der Waals surface area contributed by atoms with Crippen molar-refractivity contribution in [2.24, 2.45) is 0 Å². The van der Waals surface area contributed by atoms with Gasteiger partial charge < -0.3 is 24.4 Å². The van der Waals surface area contributed by atoms with Gasteiger partial charge in [-0.3, -0.25) is 19.6 Å². The Morgan fingerprint density at radius 3 is 2.73 bits per heavy atom. The lowest BCUT2D eigenvalue weighted by atomic mass is 10.0. The molecule has 45 heavy (non-hydrogen) atoms. The first-order valence-corrected chi connectivity index (χ1v) is 15.6. The first kappa shape index (κ1) is 27.7. The molecule has 0 bridgehead atoms. The van der Waals surface area contributed by atoms with E-state index in [-0.39, 0.29) is 22.6 Å². The third-order valence-corrected chi connectivity index (χ3v) is 9.65. The summed E-state index contributed by atoms with van der Waals surface area (Å²) in [7, 11) is 2.10. The molecule has 1 unspecified atom stereocenters. The molecule has 5 heterocycles. The number of pyridine rings is 1. The predicted octanol–water partition coefficient (Wildman–Crippen LogP) is 5.39. The highest BCUT2D eigenvalue weighted by Crippen LogP contribution is 2.48. The lowest BCUT2D eigenvalue weighted by molar-refractivity contribution is 0.0949.